The lowest BCUT2D eigenvalue weighted by Crippen LogP contribution is -2.14. The number of fused-ring (bicyclic) bond motifs is 1. The predicted octanol–water partition coefficient (Wildman–Crippen LogP) is 7.24. The lowest BCUT2D eigenvalue weighted by atomic mass is 10.0. The molecule has 168 valence electrons. The van der Waals surface area contributed by atoms with Crippen LogP contribution in [0, 0.1) is 6.57 Å². The van der Waals surface area contributed by atoms with Crippen LogP contribution in [0.5, 0.6) is 0 Å². The second-order valence-corrected chi connectivity index (χ2v) is 11.3. The number of aromatic nitrogens is 1. The van der Waals surface area contributed by atoms with Gasteiger partial charge in [0, 0.05) is 21.5 Å². The van der Waals surface area contributed by atoms with Crippen molar-refractivity contribution in [2.24, 2.45) is 0 Å². The molecule has 5 rings (SSSR count). The Morgan fingerprint density at radius 1 is 1.03 bits per heavy atom. The van der Waals surface area contributed by atoms with E-state index in [0.717, 1.165) is 0 Å². The van der Waals surface area contributed by atoms with Gasteiger partial charge in [-0.3, -0.25) is 0 Å². The van der Waals surface area contributed by atoms with Crippen LogP contribution in [0.2, 0.25) is 5.02 Å². The molecule has 3 heterocycles. The van der Waals surface area contributed by atoms with E-state index in [9.17, 15) is 18.3 Å². The second kappa shape index (κ2) is 8.42. The van der Waals surface area contributed by atoms with Crippen molar-refractivity contribution in [1.29, 1.82) is 0 Å². The average Bonchev–Trinajstić information content (AvgIpc) is 3.56. The molecular weight excluding hydrogens is 512 g/mol. The van der Waals surface area contributed by atoms with Crippen LogP contribution in [0.25, 0.3) is 37.4 Å². The third-order valence-corrected chi connectivity index (χ3v) is 8.96. The van der Waals surface area contributed by atoms with Gasteiger partial charge in [0.05, 0.1) is 33.1 Å². The van der Waals surface area contributed by atoms with E-state index >= 15 is 0 Å². The van der Waals surface area contributed by atoms with Crippen molar-refractivity contribution in [2.75, 3.05) is 0 Å². The largest absolute Gasteiger partial charge is 0.478 e. The van der Waals surface area contributed by atoms with Crippen LogP contribution in [-0.4, -0.2) is 23.5 Å². The highest BCUT2D eigenvalue weighted by atomic mass is 35.5. The first-order chi connectivity index (χ1) is 16.3. The van der Waals surface area contributed by atoms with Gasteiger partial charge >= 0.3 is 5.97 Å². The number of aromatic carboxylic acids is 1. The molecule has 0 aliphatic heterocycles. The van der Waals surface area contributed by atoms with E-state index in [1.807, 2.05) is 11.4 Å². The number of halogens is 1. The molecule has 0 saturated carbocycles. The Hall–Kier alpha value is -3.42. The van der Waals surface area contributed by atoms with Gasteiger partial charge < -0.3 is 5.11 Å². The normalized spacial score (nSPS) is 11.5. The maximum absolute atomic E-state index is 14.0. The molecule has 0 unspecified atom stereocenters. The van der Waals surface area contributed by atoms with Crippen LogP contribution in [0.3, 0.4) is 0 Å². The molecule has 1 N–H and O–H groups in total. The van der Waals surface area contributed by atoms with Crippen LogP contribution in [0.1, 0.15) is 10.4 Å². The van der Waals surface area contributed by atoms with Crippen LogP contribution in [-0.2, 0) is 10.0 Å². The molecule has 0 aliphatic carbocycles. The topological polar surface area (TPSA) is 80.7 Å². The molecule has 2 aromatic carbocycles. The molecule has 3 aromatic heterocycles. The standard InChI is InChI=1S/C24H13ClN2O4S3/c1-26-23-17(10-12-33-23)21-18-13-14(24(28)29)4-9-19(18)27(22(21)20-3-2-11-32-20)34(30,31)16-7-5-15(25)6-8-16/h2-13H,(H,28,29). The lowest BCUT2D eigenvalue weighted by Gasteiger charge is -2.12. The highest BCUT2D eigenvalue weighted by Crippen LogP contribution is 2.48. The summed E-state index contributed by atoms with van der Waals surface area (Å²) in [7, 11) is -4.12. The first kappa shape index (κ1) is 22.4. The lowest BCUT2D eigenvalue weighted by molar-refractivity contribution is 0.0697. The Kier molecular flexibility index (Phi) is 5.54. The molecule has 0 amide bonds. The minimum atomic E-state index is -4.12. The Labute approximate surface area is 207 Å². The molecule has 34 heavy (non-hydrogen) atoms. The monoisotopic (exact) mass is 524 g/mol. The van der Waals surface area contributed by atoms with Crippen LogP contribution in [0.15, 0.2) is 76.3 Å². The molecule has 0 radical (unpaired) electrons. The van der Waals surface area contributed by atoms with Gasteiger partial charge in [-0.05, 0) is 59.3 Å². The summed E-state index contributed by atoms with van der Waals surface area (Å²) in [5.41, 5.74) is 1.78. The van der Waals surface area contributed by atoms with Crippen LogP contribution >= 0.6 is 34.3 Å². The van der Waals surface area contributed by atoms with E-state index in [0.29, 0.717) is 42.6 Å². The molecule has 0 fully saturated rings. The number of rotatable bonds is 5. The molecule has 0 bridgehead atoms. The minimum absolute atomic E-state index is 0.0205. The summed E-state index contributed by atoms with van der Waals surface area (Å²) < 4.78 is 29.2. The zero-order chi connectivity index (χ0) is 24.0. The summed E-state index contributed by atoms with van der Waals surface area (Å²) in [5.74, 6) is -1.13. The van der Waals surface area contributed by atoms with Crippen molar-refractivity contribution in [3.05, 3.63) is 93.4 Å². The summed E-state index contributed by atoms with van der Waals surface area (Å²) in [4.78, 5) is 16.1. The number of benzene rings is 2. The Bertz CT molecular complexity index is 1710. The first-order valence-electron chi connectivity index (χ1n) is 9.75. The molecule has 0 spiro atoms. The maximum atomic E-state index is 14.0. The zero-order valence-corrected chi connectivity index (χ0v) is 20.3. The number of hydrogen-bond acceptors (Lipinski definition) is 5. The number of nitrogens with zero attached hydrogens (tertiary/aromatic N) is 2. The number of thiophene rings is 2. The third-order valence-electron chi connectivity index (χ3n) is 5.29. The average molecular weight is 525 g/mol. The summed E-state index contributed by atoms with van der Waals surface area (Å²) in [6.07, 6.45) is 0. The summed E-state index contributed by atoms with van der Waals surface area (Å²) in [5, 5.41) is 14.4. The van der Waals surface area contributed by atoms with Gasteiger partial charge in [0.1, 0.15) is 0 Å². The van der Waals surface area contributed by atoms with E-state index in [1.165, 1.54) is 69.1 Å². The molecular formula is C24H13ClN2O4S3. The number of carboxylic acid groups (broad SMARTS) is 1. The molecule has 5 aromatic rings. The van der Waals surface area contributed by atoms with Crippen molar-refractivity contribution in [3.63, 3.8) is 0 Å². The summed E-state index contributed by atoms with van der Waals surface area (Å²) in [6.45, 7) is 7.60. The van der Waals surface area contributed by atoms with Gasteiger partial charge in [0.15, 0.2) is 0 Å². The van der Waals surface area contributed by atoms with E-state index in [2.05, 4.69) is 4.85 Å². The number of carbonyl (C=O) groups is 1. The van der Waals surface area contributed by atoms with Gasteiger partial charge in [0.2, 0.25) is 5.00 Å². The molecule has 0 saturated heterocycles. The first-order valence-corrected chi connectivity index (χ1v) is 13.3. The van der Waals surface area contributed by atoms with Crippen LogP contribution < -0.4 is 0 Å². The minimum Gasteiger partial charge on any atom is -0.478 e. The summed E-state index contributed by atoms with van der Waals surface area (Å²) >= 11 is 8.59. The fourth-order valence-corrected chi connectivity index (χ4v) is 7.02. The number of carboxylic acids is 1. The van der Waals surface area contributed by atoms with E-state index < -0.39 is 16.0 Å². The van der Waals surface area contributed by atoms with Crippen molar-refractivity contribution >= 4 is 66.2 Å². The van der Waals surface area contributed by atoms with Crippen molar-refractivity contribution in [2.45, 2.75) is 4.90 Å². The van der Waals surface area contributed by atoms with E-state index in [-0.39, 0.29) is 10.5 Å². The van der Waals surface area contributed by atoms with Gasteiger partial charge in [-0.2, -0.15) is 11.3 Å². The van der Waals surface area contributed by atoms with E-state index in [4.69, 9.17) is 18.2 Å². The maximum Gasteiger partial charge on any atom is 0.335 e. The predicted molar refractivity (Wildman–Crippen MR) is 136 cm³/mol. The fourth-order valence-electron chi connectivity index (χ4n) is 3.84. The SMILES string of the molecule is [C-]#[N+]c1sccc1-c1c(-c2cccs2)n(S(=O)(=O)c2ccc(Cl)cc2)c2ccc(C(=O)O)cc12. The molecule has 0 aliphatic rings. The smallest absolute Gasteiger partial charge is 0.335 e. The summed E-state index contributed by atoms with van der Waals surface area (Å²) in [6, 6.07) is 15.6. The van der Waals surface area contributed by atoms with E-state index in [1.54, 1.807) is 17.5 Å². The van der Waals surface area contributed by atoms with Crippen molar-refractivity contribution in [3.8, 4) is 21.7 Å². The van der Waals surface area contributed by atoms with Gasteiger partial charge in [-0.15, -0.1) is 11.3 Å². The highest BCUT2D eigenvalue weighted by Gasteiger charge is 2.30. The van der Waals surface area contributed by atoms with Gasteiger partial charge in [-0.25, -0.2) is 22.0 Å². The number of hydrogen-bond donors (Lipinski definition) is 1. The molecule has 6 nitrogen and oxygen atoms in total. The Morgan fingerprint density at radius 3 is 2.44 bits per heavy atom. The van der Waals surface area contributed by atoms with Gasteiger partial charge in [0.25, 0.3) is 10.0 Å². The zero-order valence-electron chi connectivity index (χ0n) is 17.1. The second-order valence-electron chi connectivity index (χ2n) is 7.21. The van der Waals surface area contributed by atoms with Crippen LogP contribution in [0.4, 0.5) is 5.00 Å². The Morgan fingerprint density at radius 2 is 1.79 bits per heavy atom. The molecule has 0 atom stereocenters. The molecule has 10 heteroatoms. The quantitative estimate of drug-likeness (QED) is 0.246. The fraction of sp³-hybridized carbons (Fsp3) is 0. The van der Waals surface area contributed by atoms with Crippen molar-refractivity contribution in [1.82, 2.24) is 3.97 Å². The Balaban J connectivity index is 1.99. The third kappa shape index (κ3) is 3.52. The van der Waals surface area contributed by atoms with Gasteiger partial charge in [-0.1, -0.05) is 23.7 Å². The highest BCUT2D eigenvalue weighted by molar-refractivity contribution is 7.90. The van der Waals surface area contributed by atoms with Crippen molar-refractivity contribution < 1.29 is 18.3 Å².